The lowest BCUT2D eigenvalue weighted by Crippen LogP contribution is -2.06. The Morgan fingerprint density at radius 2 is 0.773 bits per heavy atom. The van der Waals surface area contributed by atoms with Crippen LogP contribution < -0.4 is 0 Å². The minimum absolute atomic E-state index is 0.385. The Labute approximate surface area is 255 Å². The Morgan fingerprint density at radius 3 is 1.14 bits per heavy atom. The maximum Gasteiger partial charge on any atom is 0.172 e. The van der Waals surface area contributed by atoms with Crippen molar-refractivity contribution in [2.45, 2.75) is 78.1 Å². The zero-order valence-corrected chi connectivity index (χ0v) is 25.3. The highest BCUT2D eigenvalue weighted by Gasteiger charge is 2.34. The molecule has 0 fully saturated rings. The summed E-state index contributed by atoms with van der Waals surface area (Å²) >= 11 is 1.48. The number of fused-ring (bicyclic) bond motifs is 2. The van der Waals surface area contributed by atoms with E-state index in [4.69, 9.17) is 0 Å². The molecule has 0 N–H and O–H groups in total. The van der Waals surface area contributed by atoms with Crippen molar-refractivity contribution in [3.05, 3.63) is 56.6 Å². The van der Waals surface area contributed by atoms with E-state index in [1.807, 2.05) is 13.8 Å². The van der Waals surface area contributed by atoms with Gasteiger partial charge < -0.3 is 0 Å². The van der Waals surface area contributed by atoms with Gasteiger partial charge in [-0.15, -0.1) is 20.4 Å². The van der Waals surface area contributed by atoms with Crippen LogP contribution in [0.3, 0.4) is 0 Å². The van der Waals surface area contributed by atoms with Crippen molar-refractivity contribution >= 4 is 44.2 Å². The van der Waals surface area contributed by atoms with E-state index in [1.165, 1.54) is 0 Å². The predicted octanol–water partition coefficient (Wildman–Crippen LogP) is 10.4. The van der Waals surface area contributed by atoms with E-state index in [1.54, 1.807) is 0 Å². The van der Waals surface area contributed by atoms with Crippen molar-refractivity contribution in [2.75, 3.05) is 0 Å². The summed E-state index contributed by atoms with van der Waals surface area (Å²) in [5.74, 6) is -15.6. The van der Waals surface area contributed by atoms with E-state index in [-0.39, 0.29) is 0 Å². The van der Waals surface area contributed by atoms with Gasteiger partial charge in [-0.1, -0.05) is 75.0 Å². The van der Waals surface area contributed by atoms with Crippen LogP contribution in [0.4, 0.5) is 35.1 Å². The van der Waals surface area contributed by atoms with Gasteiger partial charge in [0, 0.05) is 12.8 Å². The summed E-state index contributed by atoms with van der Waals surface area (Å²) in [6.07, 6.45) is 7.90. The molecule has 44 heavy (non-hydrogen) atoms. The second-order valence-electron chi connectivity index (χ2n) is 10.4. The molecule has 2 heterocycles. The number of rotatable bonds is 12. The number of benzene rings is 3. The molecule has 14 heteroatoms. The van der Waals surface area contributed by atoms with Gasteiger partial charge in [-0.3, -0.25) is 0 Å². The average molecular weight is 659 g/mol. The van der Waals surface area contributed by atoms with Crippen molar-refractivity contribution in [2.24, 2.45) is 0 Å². The summed E-state index contributed by atoms with van der Waals surface area (Å²) in [7, 11) is 0. The Bertz CT molecular complexity index is 1720. The Kier molecular flexibility index (Phi) is 9.78. The van der Waals surface area contributed by atoms with Crippen LogP contribution in [0.15, 0.2) is 0 Å². The SMILES string of the molecule is CCCCCCc1nnc(-c2c(F)c(F)c3c(F)c4c(F)c(F)c(-c5nnc(CCCCCC)s5)c(F)c4c(F)c3c2F)s1. The first kappa shape index (κ1) is 32.1. The fourth-order valence-corrected chi connectivity index (χ4v) is 6.92. The van der Waals surface area contributed by atoms with Crippen LogP contribution in [0.25, 0.3) is 42.7 Å². The van der Waals surface area contributed by atoms with Gasteiger partial charge in [-0.05, 0) is 12.8 Å². The molecule has 0 radical (unpaired) electrons. The van der Waals surface area contributed by atoms with Crippen LogP contribution in [-0.4, -0.2) is 20.4 Å². The highest BCUT2D eigenvalue weighted by atomic mass is 32.1. The molecule has 0 aliphatic heterocycles. The van der Waals surface area contributed by atoms with Gasteiger partial charge in [-0.2, -0.15) is 0 Å². The molecule has 0 saturated heterocycles. The molecule has 4 nitrogen and oxygen atoms in total. The monoisotopic (exact) mass is 658 g/mol. The lowest BCUT2D eigenvalue weighted by molar-refractivity contribution is 0.494. The minimum Gasteiger partial charge on any atom is -0.205 e. The van der Waals surface area contributed by atoms with E-state index in [9.17, 15) is 0 Å². The van der Waals surface area contributed by atoms with Gasteiger partial charge >= 0.3 is 0 Å². The summed E-state index contributed by atoms with van der Waals surface area (Å²) in [4.78, 5) is 0. The molecule has 0 aliphatic carbocycles. The molecular weight excluding hydrogens is 632 g/mol. The fourth-order valence-electron chi connectivity index (χ4n) is 5.09. The molecular formula is C30H26F8N4S2. The zero-order valence-electron chi connectivity index (χ0n) is 23.7. The Balaban J connectivity index is 1.68. The first-order valence-corrected chi connectivity index (χ1v) is 15.9. The Hall–Kier alpha value is -3.26. The lowest BCUT2D eigenvalue weighted by atomic mass is 9.96. The molecule has 0 amide bonds. The summed E-state index contributed by atoms with van der Waals surface area (Å²) in [5, 5.41) is 8.80. The fraction of sp³-hybridized carbons (Fsp3) is 0.400. The van der Waals surface area contributed by atoms with Crippen LogP contribution in [0.5, 0.6) is 0 Å². The topological polar surface area (TPSA) is 51.6 Å². The van der Waals surface area contributed by atoms with Crippen LogP contribution in [0.2, 0.25) is 0 Å². The third kappa shape index (κ3) is 5.66. The molecule has 0 bridgehead atoms. The molecule has 0 saturated carbocycles. The maximum atomic E-state index is 16.0. The molecule has 0 unspecified atom stereocenters. The first-order chi connectivity index (χ1) is 21.1. The standard InChI is InChI=1S/C30H26F8N4S2/c1-3-5-7-9-11-13-39-41-29(43-13)19-23(33)15-17(25(35)27(19)37)22(32)18-16(21(15)31)24(34)20(28(38)26(18)36)30-42-40-14(44-30)12-10-8-6-4-2/h3-12H2,1-2H3. The van der Waals surface area contributed by atoms with E-state index in [2.05, 4.69) is 20.4 Å². The van der Waals surface area contributed by atoms with Gasteiger partial charge in [0.2, 0.25) is 0 Å². The van der Waals surface area contributed by atoms with Gasteiger partial charge in [0.1, 0.15) is 33.3 Å². The summed E-state index contributed by atoms with van der Waals surface area (Å²) < 4.78 is 124. The summed E-state index contributed by atoms with van der Waals surface area (Å²) in [5.41, 5.74) is -2.27. The molecule has 5 rings (SSSR count). The van der Waals surface area contributed by atoms with Crippen molar-refractivity contribution in [3.63, 3.8) is 0 Å². The highest BCUT2D eigenvalue weighted by molar-refractivity contribution is 7.15. The zero-order chi connectivity index (χ0) is 31.7. The van der Waals surface area contributed by atoms with Crippen LogP contribution >= 0.6 is 22.7 Å². The van der Waals surface area contributed by atoms with Crippen molar-refractivity contribution in [1.82, 2.24) is 20.4 Å². The third-order valence-electron chi connectivity index (χ3n) is 7.37. The molecule has 5 aromatic rings. The van der Waals surface area contributed by atoms with Crippen molar-refractivity contribution < 1.29 is 35.1 Å². The number of hydrogen-bond acceptors (Lipinski definition) is 6. The smallest absolute Gasteiger partial charge is 0.172 e. The van der Waals surface area contributed by atoms with Gasteiger partial charge in [0.15, 0.2) is 33.3 Å². The second-order valence-corrected chi connectivity index (χ2v) is 12.5. The van der Waals surface area contributed by atoms with E-state index < -0.39 is 89.2 Å². The molecule has 0 spiro atoms. The highest BCUT2D eigenvalue weighted by Crippen LogP contribution is 2.44. The van der Waals surface area contributed by atoms with E-state index >= 15 is 35.1 Å². The number of unbranched alkanes of at least 4 members (excludes halogenated alkanes) is 6. The summed E-state index contributed by atoms with van der Waals surface area (Å²) in [6, 6.07) is 0. The number of nitrogens with zero attached hydrogens (tertiary/aromatic N) is 4. The normalized spacial score (nSPS) is 11.9. The predicted molar refractivity (Wildman–Crippen MR) is 155 cm³/mol. The van der Waals surface area contributed by atoms with Crippen LogP contribution in [0, 0.1) is 46.5 Å². The van der Waals surface area contributed by atoms with Crippen molar-refractivity contribution in [1.29, 1.82) is 0 Å². The quantitative estimate of drug-likeness (QED) is 0.0580. The number of halogens is 8. The van der Waals surface area contributed by atoms with Gasteiger partial charge in [0.25, 0.3) is 0 Å². The number of hydrogen-bond donors (Lipinski definition) is 0. The van der Waals surface area contributed by atoms with E-state index in [0.717, 1.165) is 61.2 Å². The minimum atomic E-state index is -2.07. The van der Waals surface area contributed by atoms with Gasteiger partial charge in [0.05, 0.1) is 32.7 Å². The molecule has 2 aromatic heterocycles. The average Bonchev–Trinajstić information content (AvgIpc) is 3.66. The van der Waals surface area contributed by atoms with Gasteiger partial charge in [-0.25, -0.2) is 35.1 Å². The number of aryl methyl sites for hydroxylation is 2. The van der Waals surface area contributed by atoms with E-state index in [0.29, 0.717) is 35.7 Å². The van der Waals surface area contributed by atoms with Crippen LogP contribution in [-0.2, 0) is 12.8 Å². The lowest BCUT2D eigenvalue weighted by Gasteiger charge is -2.15. The molecule has 0 aliphatic rings. The largest absolute Gasteiger partial charge is 0.205 e. The first-order valence-electron chi connectivity index (χ1n) is 14.2. The number of aromatic nitrogens is 4. The maximum absolute atomic E-state index is 16.0. The molecule has 3 aromatic carbocycles. The Morgan fingerprint density at radius 1 is 0.409 bits per heavy atom. The molecule has 234 valence electrons. The third-order valence-corrected chi connectivity index (χ3v) is 9.37. The van der Waals surface area contributed by atoms with Crippen LogP contribution in [0.1, 0.15) is 75.2 Å². The second kappa shape index (κ2) is 13.4. The summed E-state index contributed by atoms with van der Waals surface area (Å²) in [6.45, 7) is 4.04. The van der Waals surface area contributed by atoms with Crippen molar-refractivity contribution in [3.8, 4) is 21.1 Å². The molecule has 0 atom stereocenters.